The number of carbonyl (C=O) groups is 3. The van der Waals surface area contributed by atoms with Crippen molar-refractivity contribution in [2.24, 2.45) is 0 Å². The van der Waals surface area contributed by atoms with E-state index < -0.39 is 36.4 Å². The van der Waals surface area contributed by atoms with Crippen LogP contribution >= 0.6 is 0 Å². The number of carboxylic acid groups (broad SMARTS) is 3. The Labute approximate surface area is 95.5 Å². The van der Waals surface area contributed by atoms with E-state index in [1.807, 2.05) is 0 Å². The third-order valence-corrected chi connectivity index (χ3v) is 1.88. The molecule has 0 aromatic carbocycles. The quantitative estimate of drug-likeness (QED) is 0.252. The van der Waals surface area contributed by atoms with Crippen molar-refractivity contribution >= 4 is 17.9 Å². The van der Waals surface area contributed by atoms with Gasteiger partial charge in [0.1, 0.15) is 12.1 Å². The zero-order valence-corrected chi connectivity index (χ0v) is 8.70. The first-order valence-corrected chi connectivity index (χ1v) is 4.58. The minimum atomic E-state index is -1.52. The molecule has 5 N–H and O–H groups in total. The minimum absolute atomic E-state index is 0.199. The molecular weight excluding hydrogens is 238 g/mol. The van der Waals surface area contributed by atoms with E-state index >= 15 is 0 Å². The summed E-state index contributed by atoms with van der Waals surface area (Å²) >= 11 is 0. The summed E-state index contributed by atoms with van der Waals surface area (Å²) in [5.74, 6) is -4.20. The van der Waals surface area contributed by atoms with Gasteiger partial charge in [-0.15, -0.1) is 0 Å². The van der Waals surface area contributed by atoms with Gasteiger partial charge < -0.3 is 15.3 Å². The Kier molecular flexibility index (Phi) is 6.79. The normalized spacial score (nSPS) is 13.9. The molecule has 17 heavy (non-hydrogen) atoms. The molecule has 98 valence electrons. The van der Waals surface area contributed by atoms with Crippen LogP contribution < -0.4 is 5.32 Å². The average Bonchev–Trinajstić information content (AvgIpc) is 2.21. The smallest absolute Gasteiger partial charge is 0.321 e. The van der Waals surface area contributed by atoms with Crippen molar-refractivity contribution in [2.45, 2.75) is 24.9 Å². The highest BCUT2D eigenvalue weighted by molar-refractivity contribution is 5.82. The first kappa shape index (κ1) is 15.3. The Morgan fingerprint density at radius 2 is 1.59 bits per heavy atom. The molecule has 2 atom stereocenters. The highest BCUT2D eigenvalue weighted by Gasteiger charge is 2.27. The van der Waals surface area contributed by atoms with Crippen molar-refractivity contribution in [3.05, 3.63) is 0 Å². The molecule has 0 radical (unpaired) electrons. The fraction of sp³-hybridized carbons (Fsp3) is 0.625. The van der Waals surface area contributed by atoms with Crippen LogP contribution in [0.1, 0.15) is 12.8 Å². The second-order valence-electron chi connectivity index (χ2n) is 3.17. The lowest BCUT2D eigenvalue weighted by atomic mass is 10.1. The first-order chi connectivity index (χ1) is 7.88. The van der Waals surface area contributed by atoms with Crippen LogP contribution in [0.3, 0.4) is 0 Å². The van der Waals surface area contributed by atoms with Crippen LogP contribution in [0.25, 0.3) is 0 Å². The largest absolute Gasteiger partial charge is 0.481 e. The van der Waals surface area contributed by atoms with Crippen LogP contribution in [0.2, 0.25) is 0 Å². The van der Waals surface area contributed by atoms with E-state index in [0.717, 1.165) is 0 Å². The summed E-state index contributed by atoms with van der Waals surface area (Å²) in [6.45, 7) is -0.316. The van der Waals surface area contributed by atoms with Gasteiger partial charge in [-0.25, -0.2) is 4.89 Å². The molecule has 0 saturated carbocycles. The van der Waals surface area contributed by atoms with Gasteiger partial charge >= 0.3 is 17.9 Å². The van der Waals surface area contributed by atoms with Gasteiger partial charge in [0.25, 0.3) is 0 Å². The van der Waals surface area contributed by atoms with Gasteiger partial charge in [0.05, 0.1) is 13.0 Å². The molecular formula is C8H13NO8. The summed E-state index contributed by atoms with van der Waals surface area (Å²) in [6.07, 6.45) is -0.950. The number of carboxylic acids is 3. The molecule has 0 bridgehead atoms. The summed E-state index contributed by atoms with van der Waals surface area (Å²) < 4.78 is 0. The molecule has 0 fully saturated rings. The Morgan fingerprint density at radius 3 is 1.94 bits per heavy atom. The molecule has 0 rings (SSSR count). The van der Waals surface area contributed by atoms with E-state index in [2.05, 4.69) is 10.2 Å². The van der Waals surface area contributed by atoms with Crippen LogP contribution in [0.4, 0.5) is 0 Å². The van der Waals surface area contributed by atoms with Gasteiger partial charge in [0.2, 0.25) is 0 Å². The van der Waals surface area contributed by atoms with Crippen LogP contribution in [0, 0.1) is 0 Å². The van der Waals surface area contributed by atoms with Crippen molar-refractivity contribution in [2.75, 3.05) is 6.61 Å². The molecule has 9 heteroatoms. The second kappa shape index (κ2) is 7.54. The topological polar surface area (TPSA) is 153 Å². The maximum atomic E-state index is 10.7. The molecule has 0 aliphatic heterocycles. The molecule has 0 heterocycles. The van der Waals surface area contributed by atoms with Crippen LogP contribution in [-0.4, -0.2) is 57.2 Å². The number of hydrogen-bond acceptors (Lipinski definition) is 6. The van der Waals surface area contributed by atoms with E-state index in [0.29, 0.717) is 0 Å². The van der Waals surface area contributed by atoms with Gasteiger partial charge in [0, 0.05) is 0 Å². The van der Waals surface area contributed by atoms with Crippen molar-refractivity contribution < 1.29 is 39.8 Å². The Balaban J connectivity index is 4.50. The van der Waals surface area contributed by atoms with Gasteiger partial charge in [0.15, 0.2) is 0 Å². The molecule has 0 amide bonds. The Morgan fingerprint density at radius 1 is 1.06 bits per heavy atom. The Hall–Kier alpha value is -1.71. The predicted molar refractivity (Wildman–Crippen MR) is 51.4 cm³/mol. The predicted octanol–water partition coefficient (Wildman–Crippen LogP) is -1.16. The van der Waals surface area contributed by atoms with Gasteiger partial charge in [-0.3, -0.25) is 25.0 Å². The molecule has 0 aromatic heterocycles. The fourth-order valence-corrected chi connectivity index (χ4v) is 1.08. The average molecular weight is 251 g/mol. The maximum absolute atomic E-state index is 10.7. The van der Waals surface area contributed by atoms with E-state index in [9.17, 15) is 14.4 Å². The van der Waals surface area contributed by atoms with Gasteiger partial charge in [-0.05, 0) is 6.42 Å². The summed E-state index contributed by atoms with van der Waals surface area (Å²) in [7, 11) is 0. The molecule has 0 spiro atoms. The van der Waals surface area contributed by atoms with E-state index in [-0.39, 0.29) is 13.0 Å². The zero-order chi connectivity index (χ0) is 13.4. The van der Waals surface area contributed by atoms with Crippen molar-refractivity contribution in [3.63, 3.8) is 0 Å². The third kappa shape index (κ3) is 6.45. The van der Waals surface area contributed by atoms with Crippen LogP contribution in [-0.2, 0) is 19.3 Å². The first-order valence-electron chi connectivity index (χ1n) is 4.58. The number of hydrogen-bond donors (Lipinski definition) is 5. The van der Waals surface area contributed by atoms with Crippen LogP contribution in [0.5, 0.6) is 0 Å². The maximum Gasteiger partial charge on any atom is 0.321 e. The summed E-state index contributed by atoms with van der Waals surface area (Å²) in [4.78, 5) is 35.4. The highest BCUT2D eigenvalue weighted by Crippen LogP contribution is 2.00. The highest BCUT2D eigenvalue weighted by atomic mass is 17.1. The van der Waals surface area contributed by atoms with Crippen molar-refractivity contribution in [3.8, 4) is 0 Å². The van der Waals surface area contributed by atoms with Gasteiger partial charge in [-0.2, -0.15) is 0 Å². The molecule has 0 aliphatic carbocycles. The van der Waals surface area contributed by atoms with E-state index in [1.165, 1.54) is 0 Å². The lowest BCUT2D eigenvalue weighted by Crippen LogP contribution is -2.48. The Bertz CT molecular complexity index is 291. The monoisotopic (exact) mass is 251 g/mol. The third-order valence-electron chi connectivity index (χ3n) is 1.88. The van der Waals surface area contributed by atoms with E-state index in [1.54, 1.807) is 0 Å². The summed E-state index contributed by atoms with van der Waals surface area (Å²) in [5.41, 5.74) is 0. The van der Waals surface area contributed by atoms with E-state index in [4.69, 9.17) is 20.6 Å². The SMILES string of the molecule is O=C(O)CC(NC(CCOO)C(=O)O)C(=O)O. The molecule has 2 unspecified atom stereocenters. The zero-order valence-electron chi connectivity index (χ0n) is 8.70. The lowest BCUT2D eigenvalue weighted by Gasteiger charge is -2.18. The standard InChI is InChI=1S/C8H13NO8/c10-6(11)3-5(8(14)15)9-4(7(12)13)1-2-17-16/h4-5,9,16H,1-3H2,(H,10,11)(H,12,13)(H,14,15). The second-order valence-corrected chi connectivity index (χ2v) is 3.17. The summed E-state index contributed by atoms with van der Waals surface area (Å²) in [6, 6.07) is -2.84. The van der Waals surface area contributed by atoms with Gasteiger partial charge in [-0.1, -0.05) is 0 Å². The number of nitrogens with one attached hydrogen (secondary N) is 1. The minimum Gasteiger partial charge on any atom is -0.481 e. The van der Waals surface area contributed by atoms with Crippen molar-refractivity contribution in [1.82, 2.24) is 5.32 Å². The van der Waals surface area contributed by atoms with Crippen LogP contribution in [0.15, 0.2) is 0 Å². The van der Waals surface area contributed by atoms with Crippen molar-refractivity contribution in [1.29, 1.82) is 0 Å². The summed E-state index contributed by atoms with van der Waals surface area (Å²) in [5, 5.41) is 36.1. The fourth-order valence-electron chi connectivity index (χ4n) is 1.08. The molecule has 0 aliphatic rings. The number of aliphatic carboxylic acids is 3. The number of rotatable bonds is 9. The molecule has 0 aromatic rings. The molecule has 0 saturated heterocycles. The molecule has 9 nitrogen and oxygen atoms in total. The lowest BCUT2D eigenvalue weighted by molar-refractivity contribution is -0.243.